The van der Waals surface area contributed by atoms with Crippen LogP contribution < -0.4 is 11.1 Å². The first-order valence-corrected chi connectivity index (χ1v) is 7.65. The van der Waals surface area contributed by atoms with Gasteiger partial charge in [0.15, 0.2) is 0 Å². The molecule has 0 spiro atoms. The third kappa shape index (κ3) is 6.32. The number of hydrogen-bond donors (Lipinski definition) is 2. The number of amides is 1. The summed E-state index contributed by atoms with van der Waals surface area (Å²) < 4.78 is 0. The van der Waals surface area contributed by atoms with Crippen molar-refractivity contribution in [3.05, 3.63) is 0 Å². The van der Waals surface area contributed by atoms with Crippen LogP contribution in [0.25, 0.3) is 0 Å². The molecule has 0 aromatic heterocycles. The van der Waals surface area contributed by atoms with Crippen molar-refractivity contribution in [3.63, 3.8) is 0 Å². The van der Waals surface area contributed by atoms with Crippen LogP contribution in [0.4, 0.5) is 0 Å². The highest BCUT2D eigenvalue weighted by Crippen LogP contribution is 2.29. The molecule has 0 aromatic carbocycles. The maximum absolute atomic E-state index is 11.7. The van der Waals surface area contributed by atoms with E-state index in [2.05, 4.69) is 12.2 Å². The lowest BCUT2D eigenvalue weighted by molar-refractivity contribution is -0.122. The summed E-state index contributed by atoms with van der Waals surface area (Å²) in [6.07, 6.45) is 4.81. The van der Waals surface area contributed by atoms with E-state index in [1.807, 2.05) is 25.6 Å². The van der Waals surface area contributed by atoms with E-state index >= 15 is 0 Å². The molecule has 1 aliphatic rings. The third-order valence-electron chi connectivity index (χ3n) is 3.15. The van der Waals surface area contributed by atoms with Crippen LogP contribution in [0.5, 0.6) is 0 Å². The Bertz CT molecular complexity index is 250. The maximum Gasteiger partial charge on any atom is 0.220 e. The summed E-state index contributed by atoms with van der Waals surface area (Å²) >= 11 is 2.02. The normalized spacial score (nSPS) is 24.9. The lowest BCUT2D eigenvalue weighted by atomic mass is 10.00. The summed E-state index contributed by atoms with van der Waals surface area (Å²) in [7, 11) is 0. The van der Waals surface area contributed by atoms with Gasteiger partial charge in [-0.2, -0.15) is 11.8 Å². The van der Waals surface area contributed by atoms with Crippen LogP contribution in [-0.2, 0) is 4.79 Å². The zero-order valence-electron chi connectivity index (χ0n) is 11.3. The fraction of sp³-hybridized carbons (Fsp3) is 0.923. The van der Waals surface area contributed by atoms with Crippen LogP contribution in [0.15, 0.2) is 0 Å². The quantitative estimate of drug-likeness (QED) is 0.768. The van der Waals surface area contributed by atoms with Gasteiger partial charge in [0.05, 0.1) is 0 Å². The predicted molar refractivity (Wildman–Crippen MR) is 75.2 cm³/mol. The summed E-state index contributed by atoms with van der Waals surface area (Å²) in [6, 6.07) is 0.396. The molecule has 0 radical (unpaired) electrons. The smallest absolute Gasteiger partial charge is 0.220 e. The molecule has 0 saturated heterocycles. The number of carbonyl (C=O) groups is 1. The van der Waals surface area contributed by atoms with E-state index < -0.39 is 0 Å². The molecule has 0 heterocycles. The van der Waals surface area contributed by atoms with Gasteiger partial charge in [0.2, 0.25) is 5.91 Å². The highest BCUT2D eigenvalue weighted by molar-refractivity contribution is 7.99. The van der Waals surface area contributed by atoms with Crippen LogP contribution >= 0.6 is 11.8 Å². The summed E-state index contributed by atoms with van der Waals surface area (Å²) in [4.78, 5) is 11.7. The average Bonchev–Trinajstić information content (AvgIpc) is 2.62. The van der Waals surface area contributed by atoms with E-state index in [1.54, 1.807) is 0 Å². The first-order valence-electron chi connectivity index (χ1n) is 6.60. The van der Waals surface area contributed by atoms with Gasteiger partial charge in [0.25, 0.3) is 0 Å². The minimum Gasteiger partial charge on any atom is -0.353 e. The minimum atomic E-state index is -0.242. The molecule has 1 aliphatic carbocycles. The fourth-order valence-corrected chi connectivity index (χ4v) is 3.34. The highest BCUT2D eigenvalue weighted by atomic mass is 32.2. The molecular formula is C13H26N2OS. The van der Waals surface area contributed by atoms with Crippen LogP contribution in [0, 0.1) is 0 Å². The van der Waals surface area contributed by atoms with Crippen molar-refractivity contribution in [3.8, 4) is 0 Å². The molecule has 3 N–H and O–H groups in total. The second-order valence-corrected chi connectivity index (χ2v) is 7.22. The topological polar surface area (TPSA) is 55.1 Å². The molecule has 2 atom stereocenters. The zero-order valence-corrected chi connectivity index (χ0v) is 12.1. The second-order valence-electron chi connectivity index (χ2n) is 5.64. The number of nitrogens with two attached hydrogens (primary N) is 1. The van der Waals surface area contributed by atoms with Crippen molar-refractivity contribution in [2.24, 2.45) is 5.73 Å². The summed E-state index contributed by atoms with van der Waals surface area (Å²) in [5.74, 6) is 1.34. The van der Waals surface area contributed by atoms with Gasteiger partial charge in [-0.15, -0.1) is 0 Å². The van der Waals surface area contributed by atoms with Crippen LogP contribution in [-0.4, -0.2) is 28.5 Å². The van der Waals surface area contributed by atoms with Gasteiger partial charge in [-0.25, -0.2) is 0 Å². The van der Waals surface area contributed by atoms with E-state index in [-0.39, 0.29) is 11.4 Å². The molecule has 1 fully saturated rings. The Morgan fingerprint density at radius 2 is 2.18 bits per heavy atom. The monoisotopic (exact) mass is 258 g/mol. The number of carbonyl (C=O) groups excluding carboxylic acids is 1. The van der Waals surface area contributed by atoms with E-state index in [9.17, 15) is 4.79 Å². The summed E-state index contributed by atoms with van der Waals surface area (Å²) in [6.45, 7) is 6.12. The molecule has 4 heteroatoms. The van der Waals surface area contributed by atoms with Gasteiger partial charge in [-0.05, 0) is 45.3 Å². The molecule has 100 valence electrons. The average molecular weight is 258 g/mol. The van der Waals surface area contributed by atoms with Crippen LogP contribution in [0.1, 0.15) is 52.9 Å². The fourth-order valence-electron chi connectivity index (χ4n) is 2.19. The van der Waals surface area contributed by atoms with E-state index in [4.69, 9.17) is 5.73 Å². The molecular weight excluding hydrogens is 232 g/mol. The first kappa shape index (κ1) is 14.8. The Labute approximate surface area is 109 Å². The lowest BCUT2D eigenvalue weighted by Crippen LogP contribution is -2.37. The summed E-state index contributed by atoms with van der Waals surface area (Å²) in [5, 5.41) is 3.88. The van der Waals surface area contributed by atoms with E-state index in [0.717, 1.165) is 24.5 Å². The van der Waals surface area contributed by atoms with Crippen molar-refractivity contribution in [1.82, 2.24) is 5.32 Å². The molecule has 1 rings (SSSR count). The van der Waals surface area contributed by atoms with Gasteiger partial charge in [0.1, 0.15) is 0 Å². The Balaban J connectivity index is 2.19. The number of rotatable bonds is 6. The van der Waals surface area contributed by atoms with Crippen LogP contribution in [0.3, 0.4) is 0 Å². The van der Waals surface area contributed by atoms with Crippen molar-refractivity contribution in [1.29, 1.82) is 0 Å². The largest absolute Gasteiger partial charge is 0.353 e. The van der Waals surface area contributed by atoms with Crippen molar-refractivity contribution in [2.75, 3.05) is 5.75 Å². The molecule has 1 amide bonds. The molecule has 0 bridgehead atoms. The van der Waals surface area contributed by atoms with Crippen LogP contribution in [0.2, 0.25) is 0 Å². The molecule has 1 saturated carbocycles. The van der Waals surface area contributed by atoms with E-state index in [1.165, 1.54) is 12.2 Å². The Hall–Kier alpha value is -0.220. The van der Waals surface area contributed by atoms with Gasteiger partial charge >= 0.3 is 0 Å². The molecule has 0 aromatic rings. The first-order chi connectivity index (χ1) is 7.90. The Morgan fingerprint density at radius 1 is 1.47 bits per heavy atom. The Kier molecular flexibility index (Phi) is 5.80. The van der Waals surface area contributed by atoms with Gasteiger partial charge in [-0.3, -0.25) is 4.79 Å². The minimum absolute atomic E-state index is 0.163. The van der Waals surface area contributed by atoms with Gasteiger partial charge in [0, 0.05) is 23.3 Å². The van der Waals surface area contributed by atoms with Crippen molar-refractivity contribution in [2.45, 2.75) is 69.7 Å². The van der Waals surface area contributed by atoms with Crippen molar-refractivity contribution >= 4 is 17.7 Å². The number of hydrogen-bond acceptors (Lipinski definition) is 3. The molecule has 0 aliphatic heterocycles. The standard InChI is InChI=1S/C13H26N2OS/c1-4-17-11-6-5-10(9-11)15-12(16)7-8-13(2,3)14/h10-11H,4-9,14H2,1-3H3,(H,15,16). The number of nitrogens with one attached hydrogen (secondary N) is 1. The maximum atomic E-state index is 11.7. The Morgan fingerprint density at radius 3 is 2.76 bits per heavy atom. The molecule has 3 nitrogen and oxygen atoms in total. The van der Waals surface area contributed by atoms with Crippen molar-refractivity contribution < 1.29 is 4.79 Å². The SMILES string of the molecule is CCSC1CCC(NC(=O)CCC(C)(C)N)C1. The number of thioether (sulfide) groups is 1. The second kappa shape index (κ2) is 6.64. The third-order valence-corrected chi connectivity index (χ3v) is 4.38. The molecule has 17 heavy (non-hydrogen) atoms. The molecule has 2 unspecified atom stereocenters. The van der Waals surface area contributed by atoms with Gasteiger partial charge < -0.3 is 11.1 Å². The van der Waals surface area contributed by atoms with Gasteiger partial charge in [-0.1, -0.05) is 6.92 Å². The highest BCUT2D eigenvalue weighted by Gasteiger charge is 2.25. The lowest BCUT2D eigenvalue weighted by Gasteiger charge is -2.19. The predicted octanol–water partition coefficient (Wildman–Crippen LogP) is 2.29. The van der Waals surface area contributed by atoms with E-state index in [0.29, 0.717) is 12.5 Å². The zero-order chi connectivity index (χ0) is 12.9. The summed E-state index contributed by atoms with van der Waals surface area (Å²) in [5.41, 5.74) is 5.63.